The van der Waals surface area contributed by atoms with Gasteiger partial charge in [0.15, 0.2) is 0 Å². The lowest BCUT2D eigenvalue weighted by atomic mass is 10.2. The molecule has 0 saturated heterocycles. The Balaban J connectivity index is 1.84. The molecule has 0 bridgehead atoms. The predicted molar refractivity (Wildman–Crippen MR) is 94.4 cm³/mol. The molecule has 2 rings (SSSR count). The lowest BCUT2D eigenvalue weighted by molar-refractivity contribution is 0.333. The first kappa shape index (κ1) is 17.3. The number of hydrogen-bond acceptors (Lipinski definition) is 4. The van der Waals surface area contributed by atoms with Crippen LogP contribution in [0.3, 0.4) is 0 Å². The van der Waals surface area contributed by atoms with Crippen LogP contribution in [-0.2, 0) is 16.6 Å². The van der Waals surface area contributed by atoms with Gasteiger partial charge in [-0.2, -0.15) is 5.26 Å². The summed E-state index contributed by atoms with van der Waals surface area (Å²) in [4.78, 5) is 0. The van der Waals surface area contributed by atoms with E-state index in [1.165, 1.54) is 0 Å². The number of halogens is 1. The SMILES string of the molecule is C[S@](=O)Cc1cc(NCCOc2ccc(C#N)cc2)ccc1Cl. The second kappa shape index (κ2) is 8.56. The van der Waals surface area contributed by atoms with E-state index < -0.39 is 10.8 Å². The Morgan fingerprint density at radius 1 is 1.26 bits per heavy atom. The van der Waals surface area contributed by atoms with Gasteiger partial charge >= 0.3 is 0 Å². The van der Waals surface area contributed by atoms with Crippen molar-refractivity contribution in [3.05, 3.63) is 58.6 Å². The topological polar surface area (TPSA) is 62.1 Å². The molecule has 0 heterocycles. The van der Waals surface area contributed by atoms with Gasteiger partial charge < -0.3 is 10.1 Å². The van der Waals surface area contributed by atoms with Crippen LogP contribution in [0.5, 0.6) is 5.75 Å². The maximum Gasteiger partial charge on any atom is 0.119 e. The summed E-state index contributed by atoms with van der Waals surface area (Å²) >= 11 is 6.10. The van der Waals surface area contributed by atoms with Gasteiger partial charge in [-0.1, -0.05) is 11.6 Å². The molecule has 1 atom stereocenters. The highest BCUT2D eigenvalue weighted by atomic mass is 35.5. The molecule has 0 radical (unpaired) electrons. The minimum Gasteiger partial charge on any atom is -0.492 e. The summed E-state index contributed by atoms with van der Waals surface area (Å²) in [6, 6.07) is 14.6. The van der Waals surface area contributed by atoms with Crippen LogP contribution in [0.25, 0.3) is 0 Å². The van der Waals surface area contributed by atoms with Gasteiger partial charge in [0.2, 0.25) is 0 Å². The highest BCUT2D eigenvalue weighted by Gasteiger charge is 2.04. The van der Waals surface area contributed by atoms with E-state index in [1.807, 2.05) is 12.1 Å². The van der Waals surface area contributed by atoms with E-state index >= 15 is 0 Å². The first-order valence-corrected chi connectivity index (χ1v) is 9.14. The van der Waals surface area contributed by atoms with Crippen molar-refractivity contribution < 1.29 is 8.95 Å². The average molecular weight is 349 g/mol. The number of rotatable bonds is 7. The van der Waals surface area contributed by atoms with Crippen molar-refractivity contribution in [2.75, 3.05) is 24.7 Å². The Morgan fingerprint density at radius 2 is 2.00 bits per heavy atom. The van der Waals surface area contributed by atoms with Gasteiger partial charge in [0.05, 0.1) is 11.6 Å². The zero-order valence-electron chi connectivity index (χ0n) is 12.7. The van der Waals surface area contributed by atoms with Crippen molar-refractivity contribution in [3.8, 4) is 11.8 Å². The molecule has 0 unspecified atom stereocenters. The van der Waals surface area contributed by atoms with Crippen molar-refractivity contribution in [1.29, 1.82) is 5.26 Å². The molecule has 120 valence electrons. The minimum absolute atomic E-state index is 0.441. The number of ether oxygens (including phenoxy) is 1. The average Bonchev–Trinajstić information content (AvgIpc) is 2.54. The molecule has 0 aliphatic carbocycles. The Morgan fingerprint density at radius 3 is 2.65 bits per heavy atom. The third-order valence-corrected chi connectivity index (χ3v) is 4.17. The van der Waals surface area contributed by atoms with Crippen LogP contribution in [-0.4, -0.2) is 23.6 Å². The molecule has 1 N–H and O–H groups in total. The summed E-state index contributed by atoms with van der Waals surface area (Å²) in [6.07, 6.45) is 1.65. The monoisotopic (exact) mass is 348 g/mol. The van der Waals surface area contributed by atoms with E-state index in [4.69, 9.17) is 21.6 Å². The molecule has 2 aromatic carbocycles. The smallest absolute Gasteiger partial charge is 0.119 e. The second-order valence-electron chi connectivity index (χ2n) is 4.94. The van der Waals surface area contributed by atoms with Gasteiger partial charge in [0.25, 0.3) is 0 Å². The van der Waals surface area contributed by atoms with Crippen LogP contribution < -0.4 is 10.1 Å². The molecule has 4 nitrogen and oxygen atoms in total. The van der Waals surface area contributed by atoms with E-state index in [0.717, 1.165) is 17.0 Å². The predicted octanol–water partition coefficient (Wildman–Crippen LogP) is 3.58. The Hall–Kier alpha value is -2.03. The van der Waals surface area contributed by atoms with E-state index in [0.29, 0.717) is 29.5 Å². The second-order valence-corrected chi connectivity index (χ2v) is 6.78. The molecule has 0 aliphatic heterocycles. The van der Waals surface area contributed by atoms with Gasteiger partial charge in [0.1, 0.15) is 12.4 Å². The van der Waals surface area contributed by atoms with E-state index in [9.17, 15) is 4.21 Å². The standard InChI is InChI=1S/C17H17ClN2O2S/c1-23(21)12-14-10-15(4-7-17(14)18)20-8-9-22-16-5-2-13(11-19)3-6-16/h2-7,10,20H,8-9,12H2,1H3/t23-/m0/s1. The molecule has 0 aliphatic rings. The summed E-state index contributed by atoms with van der Waals surface area (Å²) < 4.78 is 16.9. The third-order valence-electron chi connectivity index (χ3n) is 3.09. The molecule has 2 aromatic rings. The lowest BCUT2D eigenvalue weighted by Crippen LogP contribution is -2.11. The van der Waals surface area contributed by atoms with Gasteiger partial charge in [-0.05, 0) is 48.0 Å². The lowest BCUT2D eigenvalue weighted by Gasteiger charge is -2.10. The van der Waals surface area contributed by atoms with Crippen molar-refractivity contribution in [2.24, 2.45) is 0 Å². The first-order chi connectivity index (χ1) is 11.1. The summed E-state index contributed by atoms with van der Waals surface area (Å²) in [5, 5.41) is 12.6. The summed E-state index contributed by atoms with van der Waals surface area (Å²) in [5.41, 5.74) is 2.39. The molecular weight excluding hydrogens is 332 g/mol. The fourth-order valence-electron chi connectivity index (χ4n) is 2.00. The highest BCUT2D eigenvalue weighted by molar-refractivity contribution is 7.83. The molecule has 0 fully saturated rings. The third kappa shape index (κ3) is 5.59. The Kier molecular flexibility index (Phi) is 6.45. The molecule has 0 aromatic heterocycles. The van der Waals surface area contributed by atoms with Crippen molar-refractivity contribution in [2.45, 2.75) is 5.75 Å². The normalized spacial score (nSPS) is 11.5. The van der Waals surface area contributed by atoms with Crippen LogP contribution >= 0.6 is 11.6 Å². The number of nitrogens with one attached hydrogen (secondary N) is 1. The number of nitrogens with zero attached hydrogens (tertiary/aromatic N) is 1. The summed E-state index contributed by atoms with van der Waals surface area (Å²) in [5.74, 6) is 1.17. The summed E-state index contributed by atoms with van der Waals surface area (Å²) in [7, 11) is -0.930. The molecule has 23 heavy (non-hydrogen) atoms. The Bertz CT molecular complexity index is 726. The van der Waals surface area contributed by atoms with E-state index in [2.05, 4.69) is 11.4 Å². The molecule has 6 heteroatoms. The van der Waals surface area contributed by atoms with E-state index in [1.54, 1.807) is 36.6 Å². The first-order valence-electron chi connectivity index (χ1n) is 7.04. The van der Waals surface area contributed by atoms with Crippen LogP contribution in [0, 0.1) is 11.3 Å². The van der Waals surface area contributed by atoms with Crippen molar-refractivity contribution in [1.82, 2.24) is 0 Å². The number of benzene rings is 2. The number of nitriles is 1. The van der Waals surface area contributed by atoms with Crippen molar-refractivity contribution in [3.63, 3.8) is 0 Å². The van der Waals surface area contributed by atoms with Crippen LogP contribution in [0.1, 0.15) is 11.1 Å². The van der Waals surface area contributed by atoms with Crippen LogP contribution in [0.4, 0.5) is 5.69 Å². The van der Waals surface area contributed by atoms with Crippen molar-refractivity contribution >= 4 is 28.1 Å². The molecule has 0 amide bonds. The molecule has 0 spiro atoms. The Labute approximate surface area is 143 Å². The van der Waals surface area contributed by atoms with Gasteiger partial charge in [-0.3, -0.25) is 4.21 Å². The van der Waals surface area contributed by atoms with Gasteiger partial charge in [-0.15, -0.1) is 0 Å². The van der Waals surface area contributed by atoms with Crippen LogP contribution in [0.2, 0.25) is 5.02 Å². The van der Waals surface area contributed by atoms with Crippen LogP contribution in [0.15, 0.2) is 42.5 Å². The zero-order valence-corrected chi connectivity index (χ0v) is 14.3. The van der Waals surface area contributed by atoms with Gasteiger partial charge in [0, 0.05) is 40.1 Å². The fraction of sp³-hybridized carbons (Fsp3) is 0.235. The van der Waals surface area contributed by atoms with E-state index in [-0.39, 0.29) is 0 Å². The molecular formula is C17H17ClN2O2S. The fourth-order valence-corrected chi connectivity index (χ4v) is 2.94. The zero-order chi connectivity index (χ0) is 16.7. The highest BCUT2D eigenvalue weighted by Crippen LogP contribution is 2.21. The molecule has 0 saturated carbocycles. The largest absolute Gasteiger partial charge is 0.492 e. The number of hydrogen-bond donors (Lipinski definition) is 1. The van der Waals surface area contributed by atoms with Gasteiger partial charge in [-0.25, -0.2) is 0 Å². The maximum atomic E-state index is 11.3. The maximum absolute atomic E-state index is 11.3. The number of anilines is 1. The summed E-state index contributed by atoms with van der Waals surface area (Å²) in [6.45, 7) is 1.11. The quantitative estimate of drug-likeness (QED) is 0.777. The minimum atomic E-state index is -0.930.